The molecule has 2 aromatic heterocycles. The molecule has 148 valence electrons. The Hall–Kier alpha value is -3.19. The third-order valence-electron chi connectivity index (χ3n) is 4.76. The summed E-state index contributed by atoms with van der Waals surface area (Å²) in [5.41, 5.74) is 3.81. The maximum absolute atomic E-state index is 12.5. The summed E-state index contributed by atoms with van der Waals surface area (Å²) in [4.78, 5) is 19.2. The van der Waals surface area contributed by atoms with E-state index in [9.17, 15) is 4.79 Å². The molecule has 0 saturated heterocycles. The number of fused-ring (bicyclic) bond motifs is 1. The topological polar surface area (TPSA) is 63.1 Å². The van der Waals surface area contributed by atoms with Crippen LogP contribution in [0.3, 0.4) is 0 Å². The molecule has 4 rings (SSSR count). The van der Waals surface area contributed by atoms with E-state index in [0.717, 1.165) is 32.4 Å². The second-order valence-corrected chi connectivity index (χ2v) is 8.02. The Kier molecular flexibility index (Phi) is 5.31. The number of benzene rings is 2. The van der Waals surface area contributed by atoms with Crippen molar-refractivity contribution in [3.8, 4) is 5.69 Å². The van der Waals surface area contributed by atoms with Gasteiger partial charge in [0, 0.05) is 7.05 Å². The van der Waals surface area contributed by atoms with Gasteiger partial charge in [-0.1, -0.05) is 59.9 Å². The molecular formula is C22H23N5OS. The Bertz CT molecular complexity index is 1120. The molecule has 29 heavy (non-hydrogen) atoms. The standard InChI is InChI=1S/C22H23N5OS/c1-15(17-10-6-4-7-11-17)23-19(28)14-26(3)22-24-21-20(29-22)16(2)25-27(21)18-12-8-5-9-13-18/h4-13,15H,14H2,1-3H3,(H,23,28). The number of aryl methyl sites for hydroxylation is 1. The van der Waals surface area contributed by atoms with Crippen molar-refractivity contribution in [1.29, 1.82) is 0 Å². The zero-order chi connectivity index (χ0) is 20.4. The number of para-hydroxylation sites is 1. The van der Waals surface area contributed by atoms with Gasteiger partial charge in [-0.05, 0) is 31.5 Å². The zero-order valence-electron chi connectivity index (χ0n) is 16.7. The van der Waals surface area contributed by atoms with E-state index < -0.39 is 0 Å². The van der Waals surface area contributed by atoms with Crippen LogP contribution >= 0.6 is 11.3 Å². The SMILES string of the molecule is Cc1nn(-c2ccccc2)c2nc(N(C)CC(=O)NC(C)c3ccccc3)sc12. The van der Waals surface area contributed by atoms with Gasteiger partial charge in [-0.15, -0.1) is 0 Å². The predicted octanol–water partition coefficient (Wildman–Crippen LogP) is 4.10. The fourth-order valence-electron chi connectivity index (χ4n) is 3.23. The minimum atomic E-state index is -0.0404. The van der Waals surface area contributed by atoms with Crippen LogP contribution in [-0.2, 0) is 4.79 Å². The molecule has 0 spiro atoms. The molecule has 0 aliphatic carbocycles. The fraction of sp³-hybridized carbons (Fsp3) is 0.227. The van der Waals surface area contributed by atoms with Crippen molar-refractivity contribution in [3.05, 3.63) is 71.9 Å². The highest BCUT2D eigenvalue weighted by atomic mass is 32.1. The molecule has 0 bridgehead atoms. The molecule has 2 heterocycles. The van der Waals surface area contributed by atoms with E-state index in [0.29, 0.717) is 0 Å². The fourth-order valence-corrected chi connectivity index (χ4v) is 4.18. The zero-order valence-corrected chi connectivity index (χ0v) is 17.5. The van der Waals surface area contributed by atoms with E-state index in [2.05, 4.69) is 10.4 Å². The molecule has 1 unspecified atom stereocenters. The van der Waals surface area contributed by atoms with Crippen LogP contribution < -0.4 is 10.2 Å². The van der Waals surface area contributed by atoms with Crippen LogP contribution in [0.2, 0.25) is 0 Å². The van der Waals surface area contributed by atoms with Gasteiger partial charge in [0.15, 0.2) is 10.8 Å². The van der Waals surface area contributed by atoms with E-state index in [1.807, 2.05) is 91.1 Å². The van der Waals surface area contributed by atoms with E-state index in [1.54, 1.807) is 11.3 Å². The van der Waals surface area contributed by atoms with E-state index in [-0.39, 0.29) is 18.5 Å². The largest absolute Gasteiger partial charge is 0.348 e. The average molecular weight is 406 g/mol. The number of thiazole rings is 1. The first-order chi connectivity index (χ1) is 14.0. The monoisotopic (exact) mass is 405 g/mol. The minimum Gasteiger partial charge on any atom is -0.348 e. The van der Waals surface area contributed by atoms with E-state index in [1.165, 1.54) is 0 Å². The Morgan fingerprint density at radius 2 is 1.79 bits per heavy atom. The van der Waals surface area contributed by atoms with Gasteiger partial charge < -0.3 is 10.2 Å². The Morgan fingerprint density at radius 1 is 1.14 bits per heavy atom. The summed E-state index contributed by atoms with van der Waals surface area (Å²) in [5, 5.41) is 8.47. The normalized spacial score (nSPS) is 12.1. The molecule has 0 aliphatic heterocycles. The lowest BCUT2D eigenvalue weighted by molar-refractivity contribution is -0.120. The second kappa shape index (κ2) is 8.05. The number of carbonyl (C=O) groups is 1. The maximum Gasteiger partial charge on any atom is 0.240 e. The summed E-state index contributed by atoms with van der Waals surface area (Å²) in [6.07, 6.45) is 0. The van der Waals surface area contributed by atoms with Crippen molar-refractivity contribution < 1.29 is 4.79 Å². The highest BCUT2D eigenvalue weighted by molar-refractivity contribution is 7.22. The molecule has 1 amide bonds. The molecule has 4 aromatic rings. The molecule has 6 nitrogen and oxygen atoms in total. The van der Waals surface area contributed by atoms with Crippen molar-refractivity contribution in [1.82, 2.24) is 20.1 Å². The molecule has 7 heteroatoms. The van der Waals surface area contributed by atoms with Crippen molar-refractivity contribution in [2.75, 3.05) is 18.5 Å². The third kappa shape index (κ3) is 4.00. The number of nitrogens with one attached hydrogen (secondary N) is 1. The molecule has 0 aliphatic rings. The molecule has 1 N–H and O–H groups in total. The predicted molar refractivity (Wildman–Crippen MR) is 118 cm³/mol. The summed E-state index contributed by atoms with van der Waals surface area (Å²) < 4.78 is 2.89. The van der Waals surface area contributed by atoms with Crippen LogP contribution in [0.4, 0.5) is 5.13 Å². The van der Waals surface area contributed by atoms with Gasteiger partial charge in [0.25, 0.3) is 0 Å². The Balaban J connectivity index is 1.50. The van der Waals surface area contributed by atoms with E-state index in [4.69, 9.17) is 4.98 Å². The van der Waals surface area contributed by atoms with E-state index >= 15 is 0 Å². The number of rotatable bonds is 6. The lowest BCUT2D eigenvalue weighted by atomic mass is 10.1. The molecule has 0 saturated carbocycles. The van der Waals surface area contributed by atoms with Crippen molar-refractivity contribution in [2.24, 2.45) is 0 Å². The van der Waals surface area contributed by atoms with Crippen molar-refractivity contribution >= 4 is 32.7 Å². The smallest absolute Gasteiger partial charge is 0.240 e. The number of anilines is 1. The number of hydrogen-bond acceptors (Lipinski definition) is 5. The first-order valence-corrected chi connectivity index (χ1v) is 10.3. The lowest BCUT2D eigenvalue weighted by Crippen LogP contribution is -2.36. The summed E-state index contributed by atoms with van der Waals surface area (Å²) in [7, 11) is 1.89. The number of amides is 1. The van der Waals surface area contributed by atoms with Crippen LogP contribution in [0.5, 0.6) is 0 Å². The molecule has 2 aromatic carbocycles. The first-order valence-electron chi connectivity index (χ1n) is 9.50. The van der Waals surface area contributed by atoms with Crippen LogP contribution in [0.15, 0.2) is 60.7 Å². The summed E-state index contributed by atoms with van der Waals surface area (Å²) in [6.45, 7) is 4.21. The number of aromatic nitrogens is 3. The molecule has 1 atom stereocenters. The molecule has 0 radical (unpaired) electrons. The van der Waals surface area contributed by atoms with Gasteiger partial charge in [0.05, 0.1) is 28.7 Å². The second-order valence-electron chi connectivity index (χ2n) is 7.04. The highest BCUT2D eigenvalue weighted by Gasteiger charge is 2.19. The Morgan fingerprint density at radius 3 is 2.48 bits per heavy atom. The lowest BCUT2D eigenvalue weighted by Gasteiger charge is -2.18. The first kappa shape index (κ1) is 19.1. The van der Waals surface area contributed by atoms with Gasteiger partial charge in [-0.25, -0.2) is 4.68 Å². The quantitative estimate of drug-likeness (QED) is 0.524. The van der Waals surface area contributed by atoms with Gasteiger partial charge >= 0.3 is 0 Å². The van der Waals surface area contributed by atoms with Gasteiger partial charge in [-0.3, -0.25) is 4.79 Å². The molecule has 0 fully saturated rings. The molecular weight excluding hydrogens is 382 g/mol. The Labute approximate surface area is 173 Å². The maximum atomic E-state index is 12.5. The summed E-state index contributed by atoms with van der Waals surface area (Å²) >= 11 is 1.56. The number of carbonyl (C=O) groups excluding carboxylic acids is 1. The van der Waals surface area contributed by atoms with Gasteiger partial charge in [-0.2, -0.15) is 10.1 Å². The third-order valence-corrected chi connectivity index (χ3v) is 6.03. The number of likely N-dealkylation sites (N-methyl/N-ethyl adjacent to an activating group) is 1. The van der Waals surface area contributed by atoms with Gasteiger partial charge in [0.1, 0.15) is 0 Å². The summed E-state index contributed by atoms with van der Waals surface area (Å²) in [5.74, 6) is -0.0375. The van der Waals surface area contributed by atoms with Crippen LogP contribution in [-0.4, -0.2) is 34.3 Å². The van der Waals surface area contributed by atoms with Crippen molar-refractivity contribution in [3.63, 3.8) is 0 Å². The van der Waals surface area contributed by atoms with Crippen LogP contribution in [0, 0.1) is 6.92 Å². The minimum absolute atomic E-state index is 0.0375. The number of hydrogen-bond donors (Lipinski definition) is 1. The van der Waals surface area contributed by atoms with Gasteiger partial charge in [0.2, 0.25) is 5.91 Å². The number of nitrogens with zero attached hydrogens (tertiary/aromatic N) is 4. The summed E-state index contributed by atoms with van der Waals surface area (Å²) in [6, 6.07) is 19.9. The highest BCUT2D eigenvalue weighted by Crippen LogP contribution is 2.31. The van der Waals surface area contributed by atoms with Crippen LogP contribution in [0.25, 0.3) is 16.0 Å². The van der Waals surface area contributed by atoms with Crippen LogP contribution in [0.1, 0.15) is 24.2 Å². The van der Waals surface area contributed by atoms with Crippen molar-refractivity contribution in [2.45, 2.75) is 19.9 Å². The average Bonchev–Trinajstić information content (AvgIpc) is 3.30.